The minimum absolute atomic E-state index is 0.142. The number of nitrogens with one attached hydrogen (secondary N) is 1. The van der Waals surface area contributed by atoms with Crippen LogP contribution in [0, 0.1) is 0 Å². The quantitative estimate of drug-likeness (QED) is 0.823. The van der Waals surface area contributed by atoms with Gasteiger partial charge in [-0.15, -0.1) is 0 Å². The van der Waals surface area contributed by atoms with E-state index in [1.54, 1.807) is 30.3 Å². The third kappa shape index (κ3) is 4.32. The zero-order valence-corrected chi connectivity index (χ0v) is 10.4. The molecule has 2 N–H and O–H groups in total. The average molecular weight is 253 g/mol. The minimum Gasteiger partial charge on any atom is -0.508 e. The van der Waals surface area contributed by atoms with E-state index in [1.807, 2.05) is 30.3 Å². The molecule has 0 bridgehead atoms. The molecule has 19 heavy (non-hydrogen) atoms. The predicted molar refractivity (Wildman–Crippen MR) is 75.4 cm³/mol. The third-order valence-corrected chi connectivity index (χ3v) is 2.63. The molecule has 0 aliphatic carbocycles. The monoisotopic (exact) mass is 253 g/mol. The molecule has 2 aromatic rings. The Labute approximate surface area is 112 Å². The topological polar surface area (TPSA) is 49.3 Å². The van der Waals surface area contributed by atoms with Crippen LogP contribution >= 0.6 is 0 Å². The standard InChI is InChI=1S/C16H15NO2/c18-15-9-6-13(7-10-15)8-11-16(19)17-12-14-4-2-1-3-5-14/h1-11,18H,12H2,(H,17,19)/b11-8+. The number of carbonyl (C=O) groups excluding carboxylic acids is 1. The van der Waals surface area contributed by atoms with Gasteiger partial charge in [-0.25, -0.2) is 0 Å². The lowest BCUT2D eigenvalue weighted by Crippen LogP contribution is -2.20. The van der Waals surface area contributed by atoms with Crippen molar-refractivity contribution >= 4 is 12.0 Å². The highest BCUT2D eigenvalue weighted by molar-refractivity contribution is 5.91. The fourth-order valence-electron chi connectivity index (χ4n) is 1.60. The van der Waals surface area contributed by atoms with Crippen LogP contribution in [0.4, 0.5) is 0 Å². The summed E-state index contributed by atoms with van der Waals surface area (Å²) in [5.74, 6) is 0.0719. The summed E-state index contributed by atoms with van der Waals surface area (Å²) in [5.41, 5.74) is 1.93. The lowest BCUT2D eigenvalue weighted by atomic mass is 10.2. The highest BCUT2D eigenvalue weighted by Gasteiger charge is 1.96. The Morgan fingerprint density at radius 2 is 1.74 bits per heavy atom. The number of phenolic OH excluding ortho intramolecular Hbond substituents is 1. The van der Waals surface area contributed by atoms with Gasteiger partial charge in [-0.1, -0.05) is 42.5 Å². The van der Waals surface area contributed by atoms with E-state index in [-0.39, 0.29) is 11.7 Å². The predicted octanol–water partition coefficient (Wildman–Crippen LogP) is 2.72. The van der Waals surface area contributed by atoms with Gasteiger partial charge in [0.15, 0.2) is 0 Å². The fourth-order valence-corrected chi connectivity index (χ4v) is 1.60. The summed E-state index contributed by atoms with van der Waals surface area (Å²) in [4.78, 5) is 11.6. The van der Waals surface area contributed by atoms with E-state index >= 15 is 0 Å². The SMILES string of the molecule is O=C(/C=C/c1ccc(O)cc1)NCc1ccccc1. The molecule has 0 saturated heterocycles. The summed E-state index contributed by atoms with van der Waals surface area (Å²) in [7, 11) is 0. The Bertz CT molecular complexity index is 559. The van der Waals surface area contributed by atoms with Crippen molar-refractivity contribution in [1.29, 1.82) is 0 Å². The molecular weight excluding hydrogens is 238 g/mol. The zero-order valence-electron chi connectivity index (χ0n) is 10.4. The molecule has 96 valence electrons. The van der Waals surface area contributed by atoms with Crippen molar-refractivity contribution in [2.24, 2.45) is 0 Å². The number of phenols is 1. The van der Waals surface area contributed by atoms with Gasteiger partial charge < -0.3 is 10.4 Å². The number of carbonyl (C=O) groups is 1. The van der Waals surface area contributed by atoms with Gasteiger partial charge in [0.25, 0.3) is 0 Å². The van der Waals surface area contributed by atoms with Crippen molar-refractivity contribution in [3.63, 3.8) is 0 Å². The lowest BCUT2D eigenvalue weighted by Gasteiger charge is -2.01. The molecule has 2 rings (SSSR count). The van der Waals surface area contributed by atoms with Crippen LogP contribution in [-0.4, -0.2) is 11.0 Å². The van der Waals surface area contributed by atoms with Crippen LogP contribution in [0.3, 0.4) is 0 Å². The molecule has 0 aliphatic rings. The van der Waals surface area contributed by atoms with Crippen molar-refractivity contribution in [3.05, 3.63) is 71.8 Å². The van der Waals surface area contributed by atoms with E-state index in [0.717, 1.165) is 11.1 Å². The van der Waals surface area contributed by atoms with Crippen LogP contribution in [0.15, 0.2) is 60.7 Å². The van der Waals surface area contributed by atoms with Crippen molar-refractivity contribution in [2.75, 3.05) is 0 Å². The molecule has 2 aromatic carbocycles. The second-order valence-corrected chi connectivity index (χ2v) is 4.13. The number of aromatic hydroxyl groups is 1. The highest BCUT2D eigenvalue weighted by atomic mass is 16.3. The van der Waals surface area contributed by atoms with Gasteiger partial charge in [0.05, 0.1) is 0 Å². The average Bonchev–Trinajstić information content (AvgIpc) is 2.45. The van der Waals surface area contributed by atoms with E-state index in [4.69, 9.17) is 5.11 Å². The molecule has 0 aliphatic heterocycles. The van der Waals surface area contributed by atoms with Gasteiger partial charge in [-0.05, 0) is 29.3 Å². The lowest BCUT2D eigenvalue weighted by molar-refractivity contribution is -0.116. The minimum atomic E-state index is -0.142. The number of amides is 1. The Hall–Kier alpha value is -2.55. The molecule has 0 aromatic heterocycles. The number of benzene rings is 2. The molecule has 0 radical (unpaired) electrons. The number of rotatable bonds is 4. The second-order valence-electron chi connectivity index (χ2n) is 4.13. The smallest absolute Gasteiger partial charge is 0.244 e. The first kappa shape index (κ1) is 12.9. The van der Waals surface area contributed by atoms with Crippen molar-refractivity contribution in [2.45, 2.75) is 6.54 Å². The maximum absolute atomic E-state index is 11.6. The Kier molecular flexibility index (Phi) is 4.34. The number of hydrogen-bond donors (Lipinski definition) is 2. The molecule has 3 heteroatoms. The first-order valence-corrected chi connectivity index (χ1v) is 6.03. The summed E-state index contributed by atoms with van der Waals surface area (Å²) < 4.78 is 0. The molecule has 0 heterocycles. The van der Waals surface area contributed by atoms with Gasteiger partial charge in [0.1, 0.15) is 5.75 Å². The number of hydrogen-bond acceptors (Lipinski definition) is 2. The first-order chi connectivity index (χ1) is 9.24. The molecule has 0 unspecified atom stereocenters. The molecule has 1 amide bonds. The largest absolute Gasteiger partial charge is 0.508 e. The van der Waals surface area contributed by atoms with Crippen LogP contribution < -0.4 is 5.32 Å². The second kappa shape index (κ2) is 6.40. The van der Waals surface area contributed by atoms with Crippen LogP contribution in [0.1, 0.15) is 11.1 Å². The molecule has 0 fully saturated rings. The van der Waals surface area contributed by atoms with E-state index in [2.05, 4.69) is 5.32 Å². The van der Waals surface area contributed by atoms with Gasteiger partial charge in [-0.3, -0.25) is 4.79 Å². The van der Waals surface area contributed by atoms with Crippen LogP contribution in [-0.2, 0) is 11.3 Å². The van der Waals surface area contributed by atoms with Crippen LogP contribution in [0.5, 0.6) is 5.75 Å². The zero-order chi connectivity index (χ0) is 13.5. The first-order valence-electron chi connectivity index (χ1n) is 6.03. The molecular formula is C16H15NO2. The normalized spacial score (nSPS) is 10.5. The van der Waals surface area contributed by atoms with E-state index in [9.17, 15) is 4.79 Å². The Balaban J connectivity index is 1.86. The molecule has 0 atom stereocenters. The van der Waals surface area contributed by atoms with Crippen molar-refractivity contribution in [3.8, 4) is 5.75 Å². The molecule has 0 spiro atoms. The fraction of sp³-hybridized carbons (Fsp3) is 0.0625. The summed E-state index contributed by atoms with van der Waals surface area (Å²) in [6.45, 7) is 0.513. The van der Waals surface area contributed by atoms with E-state index < -0.39 is 0 Å². The summed E-state index contributed by atoms with van der Waals surface area (Å²) >= 11 is 0. The van der Waals surface area contributed by atoms with Gasteiger partial charge in [0, 0.05) is 12.6 Å². The Morgan fingerprint density at radius 1 is 1.05 bits per heavy atom. The van der Waals surface area contributed by atoms with Gasteiger partial charge >= 0.3 is 0 Å². The maximum atomic E-state index is 11.6. The van der Waals surface area contributed by atoms with E-state index in [0.29, 0.717) is 6.54 Å². The molecule has 0 saturated carbocycles. The van der Waals surface area contributed by atoms with Crippen LogP contribution in [0.2, 0.25) is 0 Å². The van der Waals surface area contributed by atoms with Gasteiger partial charge in [0.2, 0.25) is 5.91 Å². The highest BCUT2D eigenvalue weighted by Crippen LogP contribution is 2.10. The summed E-state index contributed by atoms with van der Waals surface area (Å²) in [6.07, 6.45) is 3.19. The summed E-state index contributed by atoms with van der Waals surface area (Å²) in [5, 5.41) is 11.9. The molecule has 3 nitrogen and oxygen atoms in total. The van der Waals surface area contributed by atoms with Crippen LogP contribution in [0.25, 0.3) is 6.08 Å². The van der Waals surface area contributed by atoms with Crippen molar-refractivity contribution < 1.29 is 9.90 Å². The maximum Gasteiger partial charge on any atom is 0.244 e. The van der Waals surface area contributed by atoms with Crippen molar-refractivity contribution in [1.82, 2.24) is 5.32 Å². The van der Waals surface area contributed by atoms with Gasteiger partial charge in [-0.2, -0.15) is 0 Å². The summed E-state index contributed by atoms with van der Waals surface area (Å²) in [6, 6.07) is 16.4. The Morgan fingerprint density at radius 3 is 2.42 bits per heavy atom. The third-order valence-electron chi connectivity index (χ3n) is 2.63. The van der Waals surface area contributed by atoms with E-state index in [1.165, 1.54) is 6.08 Å².